The van der Waals surface area contributed by atoms with Crippen LogP contribution in [0.25, 0.3) is 10.9 Å². The number of rotatable bonds is 3. The normalized spacial score (nSPS) is 21.0. The van der Waals surface area contributed by atoms with E-state index in [4.69, 9.17) is 0 Å². The van der Waals surface area contributed by atoms with Gasteiger partial charge in [0.05, 0.1) is 18.3 Å². The maximum Gasteiger partial charge on any atom is 0.106 e. The van der Waals surface area contributed by atoms with Crippen LogP contribution < -0.4 is 0 Å². The number of aliphatic hydroxyl groups is 1. The Morgan fingerprint density at radius 2 is 2.14 bits per heavy atom. The quantitative estimate of drug-likeness (QED) is 0.749. The van der Waals surface area contributed by atoms with Crippen LogP contribution in [0.3, 0.4) is 0 Å². The molecule has 2 aliphatic heterocycles. The molecule has 0 saturated carbocycles. The minimum Gasteiger partial charge on any atom is -0.384 e. The molecule has 0 spiro atoms. The van der Waals surface area contributed by atoms with Crippen molar-refractivity contribution in [2.75, 3.05) is 13.1 Å². The monoisotopic (exact) mass is 378 g/mol. The summed E-state index contributed by atoms with van der Waals surface area (Å²) in [6.45, 7) is 6.77. The molecule has 0 bridgehead atoms. The van der Waals surface area contributed by atoms with Gasteiger partial charge in [-0.15, -0.1) is 0 Å². The third-order valence-corrected chi connectivity index (χ3v) is 6.32. The van der Waals surface area contributed by atoms with Crippen molar-refractivity contribution in [3.63, 3.8) is 0 Å². The molecule has 148 valence electrons. The number of aryl methyl sites for hydroxylation is 1. The average molecular weight is 379 g/mol. The fourth-order valence-corrected chi connectivity index (χ4v) is 5.00. The maximum absolute atomic E-state index is 11.3. The molecule has 1 N–H and O–H groups in total. The van der Waals surface area contributed by atoms with Gasteiger partial charge < -0.3 is 9.67 Å². The Labute approximate surface area is 167 Å². The molecule has 1 fully saturated rings. The van der Waals surface area contributed by atoms with Crippen LogP contribution in [0.4, 0.5) is 0 Å². The van der Waals surface area contributed by atoms with Gasteiger partial charge in [0, 0.05) is 53.7 Å². The highest BCUT2D eigenvalue weighted by Crippen LogP contribution is 2.43. The van der Waals surface area contributed by atoms with Crippen LogP contribution in [0.5, 0.6) is 0 Å². The van der Waals surface area contributed by atoms with Crippen molar-refractivity contribution in [2.45, 2.75) is 58.7 Å². The molecule has 3 aromatic heterocycles. The molecule has 28 heavy (non-hydrogen) atoms. The van der Waals surface area contributed by atoms with Crippen molar-refractivity contribution in [3.8, 4) is 0 Å². The van der Waals surface area contributed by atoms with E-state index in [1.54, 1.807) is 12.4 Å². The van der Waals surface area contributed by atoms with Gasteiger partial charge in [-0.2, -0.15) is 0 Å². The van der Waals surface area contributed by atoms with Crippen LogP contribution in [0.2, 0.25) is 0 Å². The van der Waals surface area contributed by atoms with E-state index in [-0.39, 0.29) is 7.43 Å². The second-order valence-electron chi connectivity index (χ2n) is 8.25. The first-order valence-corrected chi connectivity index (χ1v) is 9.89. The van der Waals surface area contributed by atoms with Gasteiger partial charge in [0.25, 0.3) is 0 Å². The summed E-state index contributed by atoms with van der Waals surface area (Å²) < 4.78 is 2.32. The Morgan fingerprint density at radius 1 is 1.29 bits per heavy atom. The molecule has 2 unspecified atom stereocenters. The topological polar surface area (TPSA) is 54.2 Å². The summed E-state index contributed by atoms with van der Waals surface area (Å²) in [6.07, 6.45) is 9.03. The number of nitrogens with zero attached hydrogens (tertiary/aromatic N) is 4. The van der Waals surface area contributed by atoms with Crippen molar-refractivity contribution in [3.05, 3.63) is 59.3 Å². The van der Waals surface area contributed by atoms with Crippen LogP contribution in [0.15, 0.2) is 36.8 Å². The van der Waals surface area contributed by atoms with E-state index in [0.29, 0.717) is 12.6 Å². The first kappa shape index (κ1) is 19.1. The van der Waals surface area contributed by atoms with Crippen LogP contribution in [0, 0.1) is 6.92 Å². The standard InChI is InChI=1S/C22H26N4O.CH4/c1-15-11-17-20(13-24-15)26(14-22(2,27)16-5-3-8-23-12-16)19-7-10-25-9-4-6-18(25)21(17)19;/h3,5,8,11-13,18,27H,4,6-7,9-10,14H2,1-2H3;1H4. The first-order valence-electron chi connectivity index (χ1n) is 9.89. The minimum absolute atomic E-state index is 0. The Hall–Kier alpha value is -2.24. The highest BCUT2D eigenvalue weighted by molar-refractivity contribution is 5.86. The maximum atomic E-state index is 11.3. The summed E-state index contributed by atoms with van der Waals surface area (Å²) in [6, 6.07) is 6.58. The molecule has 0 radical (unpaired) electrons. The second-order valence-corrected chi connectivity index (χ2v) is 8.25. The van der Waals surface area contributed by atoms with Crippen LogP contribution >= 0.6 is 0 Å². The number of fused-ring (bicyclic) bond motifs is 5. The van der Waals surface area contributed by atoms with Crippen molar-refractivity contribution < 1.29 is 5.11 Å². The molecule has 5 nitrogen and oxygen atoms in total. The molecule has 5 heteroatoms. The average Bonchev–Trinajstić information content (AvgIpc) is 3.25. The molecule has 3 aromatic rings. The Balaban J connectivity index is 0.00000192. The van der Waals surface area contributed by atoms with Gasteiger partial charge in [-0.25, -0.2) is 0 Å². The predicted octanol–water partition coefficient (Wildman–Crippen LogP) is 3.98. The summed E-state index contributed by atoms with van der Waals surface area (Å²) in [5, 5.41) is 12.6. The Kier molecular flexibility index (Phi) is 4.76. The minimum atomic E-state index is -0.980. The molecule has 5 rings (SSSR count). The highest BCUT2D eigenvalue weighted by atomic mass is 16.3. The zero-order valence-electron chi connectivity index (χ0n) is 16.0. The number of aromatic nitrogens is 3. The molecule has 2 aliphatic rings. The smallest absolute Gasteiger partial charge is 0.106 e. The Bertz CT molecular complexity index is 993. The summed E-state index contributed by atoms with van der Waals surface area (Å²) >= 11 is 0. The van der Waals surface area contributed by atoms with Gasteiger partial charge in [-0.3, -0.25) is 14.9 Å². The van der Waals surface area contributed by atoms with E-state index < -0.39 is 5.60 Å². The Morgan fingerprint density at radius 3 is 2.93 bits per heavy atom. The molecule has 0 aromatic carbocycles. The van der Waals surface area contributed by atoms with Crippen molar-refractivity contribution in [1.29, 1.82) is 0 Å². The van der Waals surface area contributed by atoms with Crippen molar-refractivity contribution >= 4 is 10.9 Å². The van der Waals surface area contributed by atoms with Crippen LogP contribution in [-0.2, 0) is 18.6 Å². The zero-order valence-corrected chi connectivity index (χ0v) is 16.0. The number of hydrogen-bond donors (Lipinski definition) is 1. The van der Waals surface area contributed by atoms with Gasteiger partial charge in [-0.1, -0.05) is 13.5 Å². The molecule has 1 saturated heterocycles. The van der Waals surface area contributed by atoms with Gasteiger partial charge >= 0.3 is 0 Å². The molecule has 0 amide bonds. The van der Waals surface area contributed by atoms with E-state index in [9.17, 15) is 5.11 Å². The molecular formula is C23H30N4O. The molecule has 0 aliphatic carbocycles. The first-order chi connectivity index (χ1) is 13.0. The predicted molar refractivity (Wildman–Crippen MR) is 112 cm³/mol. The molecular weight excluding hydrogens is 348 g/mol. The van der Waals surface area contributed by atoms with Gasteiger partial charge in [0.15, 0.2) is 0 Å². The summed E-state index contributed by atoms with van der Waals surface area (Å²) in [5.74, 6) is 0. The summed E-state index contributed by atoms with van der Waals surface area (Å²) in [5.41, 5.74) is 4.91. The lowest BCUT2D eigenvalue weighted by atomic mass is 9.95. The highest BCUT2D eigenvalue weighted by Gasteiger charge is 2.36. The third kappa shape index (κ3) is 2.93. The number of pyridine rings is 2. The van der Waals surface area contributed by atoms with Gasteiger partial charge in [-0.05, 0) is 50.9 Å². The van der Waals surface area contributed by atoms with E-state index in [1.807, 2.05) is 25.3 Å². The SMILES string of the molecule is C.Cc1cc2c3c(n(CC(C)(O)c4cccnc4)c2cn1)CCN1CCCC31. The third-order valence-electron chi connectivity index (χ3n) is 6.32. The van der Waals surface area contributed by atoms with Crippen LogP contribution in [0.1, 0.15) is 55.7 Å². The van der Waals surface area contributed by atoms with Crippen LogP contribution in [-0.4, -0.2) is 37.6 Å². The van der Waals surface area contributed by atoms with Gasteiger partial charge in [0.2, 0.25) is 0 Å². The zero-order chi connectivity index (χ0) is 18.6. The lowest BCUT2D eigenvalue weighted by Crippen LogP contribution is -2.33. The summed E-state index contributed by atoms with van der Waals surface area (Å²) in [4.78, 5) is 11.4. The lowest BCUT2D eigenvalue weighted by molar-refractivity contribution is 0.0380. The van der Waals surface area contributed by atoms with E-state index in [2.05, 4.69) is 32.4 Å². The molecule has 5 heterocycles. The van der Waals surface area contributed by atoms with Gasteiger partial charge in [0.1, 0.15) is 5.60 Å². The van der Waals surface area contributed by atoms with E-state index in [0.717, 1.165) is 29.7 Å². The second kappa shape index (κ2) is 6.98. The van der Waals surface area contributed by atoms with Crippen molar-refractivity contribution in [2.24, 2.45) is 0 Å². The van der Waals surface area contributed by atoms with E-state index >= 15 is 0 Å². The summed E-state index contributed by atoms with van der Waals surface area (Å²) in [7, 11) is 0. The van der Waals surface area contributed by atoms with E-state index in [1.165, 1.54) is 36.0 Å². The number of hydrogen-bond acceptors (Lipinski definition) is 4. The largest absolute Gasteiger partial charge is 0.384 e. The lowest BCUT2D eigenvalue weighted by Gasteiger charge is -2.32. The molecule has 2 atom stereocenters. The fourth-order valence-electron chi connectivity index (χ4n) is 5.00. The van der Waals surface area contributed by atoms with Crippen molar-refractivity contribution in [1.82, 2.24) is 19.4 Å². The fraction of sp³-hybridized carbons (Fsp3) is 0.478.